The normalized spacial score (nSPS) is 9.23. The third-order valence-electron chi connectivity index (χ3n) is 1.57. The minimum Gasteiger partial charge on any atom is -0.341 e. The zero-order chi connectivity index (χ0) is 9.52. The molecule has 0 bridgehead atoms. The number of aromatic nitrogens is 2. The van der Waals surface area contributed by atoms with Crippen molar-refractivity contribution in [3.63, 3.8) is 0 Å². The van der Waals surface area contributed by atoms with Crippen LogP contribution in [0.5, 0.6) is 0 Å². The lowest BCUT2D eigenvalue weighted by atomic mass is 10.2. The van der Waals surface area contributed by atoms with Gasteiger partial charge in [-0.05, 0) is 12.0 Å². The Balaban J connectivity index is 2.54. The van der Waals surface area contributed by atoms with Crippen LogP contribution in [0.15, 0.2) is 12.4 Å². The van der Waals surface area contributed by atoms with Gasteiger partial charge in [-0.15, -0.1) is 0 Å². The zero-order valence-corrected chi connectivity index (χ0v) is 7.62. The second kappa shape index (κ2) is 5.09. The number of anilines is 1. The van der Waals surface area contributed by atoms with Crippen molar-refractivity contribution in [3.8, 4) is 6.07 Å². The summed E-state index contributed by atoms with van der Waals surface area (Å²) in [5.41, 5.74) is 1.13. The summed E-state index contributed by atoms with van der Waals surface area (Å²) in [4.78, 5) is 8.12. The molecule has 0 saturated heterocycles. The highest BCUT2D eigenvalue weighted by Crippen LogP contribution is 2.02. The van der Waals surface area contributed by atoms with Crippen LogP contribution < -0.4 is 5.32 Å². The first-order valence-electron chi connectivity index (χ1n) is 4.28. The number of hydrogen-bond acceptors (Lipinski definition) is 4. The third kappa shape index (κ3) is 3.08. The fraction of sp³-hybridized carbons (Fsp3) is 0.444. The Morgan fingerprint density at radius 3 is 2.69 bits per heavy atom. The van der Waals surface area contributed by atoms with Gasteiger partial charge in [0.15, 0.2) is 0 Å². The topological polar surface area (TPSA) is 61.6 Å². The van der Waals surface area contributed by atoms with Crippen molar-refractivity contribution in [1.82, 2.24) is 9.97 Å². The van der Waals surface area contributed by atoms with Crippen molar-refractivity contribution >= 4 is 5.95 Å². The first-order chi connectivity index (χ1) is 6.36. The van der Waals surface area contributed by atoms with Crippen LogP contribution >= 0.6 is 0 Å². The molecule has 1 aromatic heterocycles. The molecule has 0 aliphatic heterocycles. The van der Waals surface area contributed by atoms with Crippen LogP contribution in [0.1, 0.15) is 18.9 Å². The smallest absolute Gasteiger partial charge is 0.223 e. The van der Waals surface area contributed by atoms with Crippen molar-refractivity contribution in [2.24, 2.45) is 0 Å². The Hall–Kier alpha value is -1.63. The second-order valence-corrected chi connectivity index (χ2v) is 2.68. The summed E-state index contributed by atoms with van der Waals surface area (Å²) in [5.74, 6) is 0.515. The second-order valence-electron chi connectivity index (χ2n) is 2.68. The molecule has 1 N–H and O–H groups in total. The highest BCUT2D eigenvalue weighted by atomic mass is 15.1. The summed E-state index contributed by atoms with van der Waals surface area (Å²) in [7, 11) is 0. The molecule has 0 saturated carbocycles. The molecule has 1 rings (SSSR count). The van der Waals surface area contributed by atoms with Crippen LogP contribution in [-0.4, -0.2) is 16.5 Å². The van der Waals surface area contributed by atoms with Crippen LogP contribution in [0, 0.1) is 11.3 Å². The highest BCUT2D eigenvalue weighted by Gasteiger charge is 1.95. The van der Waals surface area contributed by atoms with Gasteiger partial charge in [-0.3, -0.25) is 0 Å². The van der Waals surface area contributed by atoms with E-state index in [0.717, 1.165) is 18.4 Å². The van der Waals surface area contributed by atoms with Crippen molar-refractivity contribution in [2.75, 3.05) is 11.9 Å². The van der Waals surface area contributed by atoms with E-state index in [4.69, 9.17) is 5.26 Å². The van der Waals surface area contributed by atoms with Crippen LogP contribution in [0.25, 0.3) is 0 Å². The molecule has 4 heteroatoms. The number of hydrogen-bond donors (Lipinski definition) is 1. The molecule has 0 fully saturated rings. The van der Waals surface area contributed by atoms with Gasteiger partial charge in [0, 0.05) is 12.4 Å². The standard InChI is InChI=1S/C9H12N4/c1-2-3-8-6-12-9(13-7-8)11-5-4-10/h6-7H,2-3,5H2,1H3,(H,11,12,13). The lowest BCUT2D eigenvalue weighted by Crippen LogP contribution is -2.03. The van der Waals surface area contributed by atoms with Crippen LogP contribution in [0.4, 0.5) is 5.95 Å². The summed E-state index contributed by atoms with van der Waals surface area (Å²) in [6, 6.07) is 1.96. The van der Waals surface area contributed by atoms with Gasteiger partial charge in [0.1, 0.15) is 6.54 Å². The van der Waals surface area contributed by atoms with E-state index in [9.17, 15) is 0 Å². The van der Waals surface area contributed by atoms with Gasteiger partial charge >= 0.3 is 0 Å². The average molecular weight is 176 g/mol. The Morgan fingerprint density at radius 1 is 1.46 bits per heavy atom. The molecule has 0 atom stereocenters. The SMILES string of the molecule is CCCc1cnc(NCC#N)nc1. The zero-order valence-electron chi connectivity index (χ0n) is 7.62. The van der Waals surface area contributed by atoms with Gasteiger partial charge < -0.3 is 5.32 Å². The molecule has 1 heterocycles. The highest BCUT2D eigenvalue weighted by molar-refractivity contribution is 5.25. The maximum absolute atomic E-state index is 8.30. The summed E-state index contributed by atoms with van der Waals surface area (Å²) in [6.45, 7) is 2.36. The van der Waals surface area contributed by atoms with Crippen molar-refractivity contribution < 1.29 is 0 Å². The van der Waals surface area contributed by atoms with E-state index in [0.29, 0.717) is 5.95 Å². The quantitative estimate of drug-likeness (QED) is 0.704. The van der Waals surface area contributed by atoms with E-state index in [-0.39, 0.29) is 6.54 Å². The summed E-state index contributed by atoms with van der Waals surface area (Å²) < 4.78 is 0. The van der Waals surface area contributed by atoms with Gasteiger partial charge in [-0.2, -0.15) is 5.26 Å². The Bertz CT molecular complexity index is 285. The van der Waals surface area contributed by atoms with Crippen molar-refractivity contribution in [2.45, 2.75) is 19.8 Å². The lowest BCUT2D eigenvalue weighted by molar-refractivity contribution is 0.901. The fourth-order valence-corrected chi connectivity index (χ4v) is 0.982. The van der Waals surface area contributed by atoms with Gasteiger partial charge in [0.05, 0.1) is 6.07 Å². The predicted octanol–water partition coefficient (Wildman–Crippen LogP) is 1.36. The maximum Gasteiger partial charge on any atom is 0.223 e. The molecule has 0 aliphatic rings. The summed E-state index contributed by atoms with van der Waals surface area (Å²) in [5, 5.41) is 11.1. The molecule has 0 radical (unpaired) electrons. The van der Waals surface area contributed by atoms with Crippen LogP contribution in [0.3, 0.4) is 0 Å². The molecule has 0 aromatic carbocycles. The molecule has 4 nitrogen and oxygen atoms in total. The first-order valence-corrected chi connectivity index (χ1v) is 4.28. The molecule has 0 amide bonds. The fourth-order valence-electron chi connectivity index (χ4n) is 0.982. The van der Waals surface area contributed by atoms with Crippen molar-refractivity contribution in [3.05, 3.63) is 18.0 Å². The van der Waals surface area contributed by atoms with E-state index >= 15 is 0 Å². The Labute approximate surface area is 77.6 Å². The van der Waals surface area contributed by atoms with Gasteiger partial charge in [-0.1, -0.05) is 13.3 Å². The third-order valence-corrected chi connectivity index (χ3v) is 1.57. The Kier molecular flexibility index (Phi) is 3.71. The lowest BCUT2D eigenvalue weighted by Gasteiger charge is -2.00. The number of nitrogens with one attached hydrogen (secondary N) is 1. The first kappa shape index (κ1) is 9.46. The van der Waals surface area contributed by atoms with E-state index in [2.05, 4.69) is 22.2 Å². The van der Waals surface area contributed by atoms with E-state index in [1.165, 1.54) is 0 Å². The van der Waals surface area contributed by atoms with Gasteiger partial charge in [0.2, 0.25) is 5.95 Å². The minimum atomic E-state index is 0.243. The summed E-state index contributed by atoms with van der Waals surface area (Å²) >= 11 is 0. The molecular formula is C9H12N4. The number of aryl methyl sites for hydroxylation is 1. The Morgan fingerprint density at radius 2 is 2.15 bits per heavy atom. The van der Waals surface area contributed by atoms with Gasteiger partial charge in [0.25, 0.3) is 0 Å². The predicted molar refractivity (Wildman–Crippen MR) is 50.1 cm³/mol. The molecular weight excluding hydrogens is 164 g/mol. The van der Waals surface area contributed by atoms with Gasteiger partial charge in [-0.25, -0.2) is 9.97 Å². The average Bonchev–Trinajstić information content (AvgIpc) is 2.17. The number of rotatable bonds is 4. The minimum absolute atomic E-state index is 0.243. The molecule has 0 aliphatic carbocycles. The van der Waals surface area contributed by atoms with E-state index in [1.807, 2.05) is 6.07 Å². The monoisotopic (exact) mass is 176 g/mol. The number of nitrogens with zero attached hydrogens (tertiary/aromatic N) is 3. The van der Waals surface area contributed by atoms with Crippen LogP contribution in [-0.2, 0) is 6.42 Å². The van der Waals surface area contributed by atoms with Crippen LogP contribution in [0.2, 0.25) is 0 Å². The van der Waals surface area contributed by atoms with Crippen molar-refractivity contribution in [1.29, 1.82) is 5.26 Å². The van der Waals surface area contributed by atoms with E-state index in [1.54, 1.807) is 12.4 Å². The molecule has 0 spiro atoms. The molecule has 0 unspecified atom stereocenters. The number of nitriles is 1. The molecule has 13 heavy (non-hydrogen) atoms. The molecule has 1 aromatic rings. The maximum atomic E-state index is 8.30. The van der Waals surface area contributed by atoms with E-state index < -0.39 is 0 Å². The summed E-state index contributed by atoms with van der Waals surface area (Å²) in [6.07, 6.45) is 5.67. The molecule has 68 valence electrons. The largest absolute Gasteiger partial charge is 0.341 e.